The number of unbranched alkanes of at least 4 members (excludes halogenated alkanes) is 1. The lowest BCUT2D eigenvalue weighted by Gasteiger charge is -2.18. The van der Waals surface area contributed by atoms with Crippen LogP contribution in [0.2, 0.25) is 0 Å². The number of carbonyl (C=O) groups excluding carboxylic acids is 1. The van der Waals surface area contributed by atoms with Crippen molar-refractivity contribution in [1.29, 1.82) is 0 Å². The van der Waals surface area contributed by atoms with E-state index in [1.807, 2.05) is 53.1 Å². The van der Waals surface area contributed by atoms with Gasteiger partial charge in [0.15, 0.2) is 0 Å². The van der Waals surface area contributed by atoms with Gasteiger partial charge in [-0.1, -0.05) is 40.2 Å². The van der Waals surface area contributed by atoms with E-state index in [1.165, 1.54) is 0 Å². The van der Waals surface area contributed by atoms with Gasteiger partial charge in [-0.05, 0) is 95.7 Å². The smallest absolute Gasteiger partial charge is 0.210 e. The fourth-order valence-corrected chi connectivity index (χ4v) is 4.45. The van der Waals surface area contributed by atoms with Crippen molar-refractivity contribution in [1.82, 2.24) is 9.72 Å². The first-order valence-electron chi connectivity index (χ1n) is 11.6. The lowest BCUT2D eigenvalue weighted by molar-refractivity contribution is 0.103. The third-order valence-electron chi connectivity index (χ3n) is 5.41. The molecule has 0 spiro atoms. The van der Waals surface area contributed by atoms with Crippen LogP contribution in [0.3, 0.4) is 0 Å². The number of nitrogens with zero attached hydrogens (tertiary/aromatic N) is 1. The standard InChI is InChI=1S/C27H35BrN2O2.BrH/c1-5-6-10-22-24(28)23-11-7-8-17-30(23)25(22)26(31)20-12-14-21(15-13-20)32-18-9-16-29-19-27(2,3)4;/h7-8,11-15,17,29H,5-6,9-10,16,18-19H2,1-4H3;1H. The van der Waals surface area contributed by atoms with Crippen molar-refractivity contribution in [3.05, 3.63) is 70.0 Å². The van der Waals surface area contributed by atoms with Crippen LogP contribution in [0.5, 0.6) is 5.75 Å². The Morgan fingerprint density at radius 1 is 1.09 bits per heavy atom. The summed E-state index contributed by atoms with van der Waals surface area (Å²) >= 11 is 3.74. The predicted octanol–water partition coefficient (Wildman–Crippen LogP) is 7.26. The van der Waals surface area contributed by atoms with E-state index < -0.39 is 0 Å². The number of nitrogens with one attached hydrogen (secondary N) is 1. The Hall–Kier alpha value is -1.63. The summed E-state index contributed by atoms with van der Waals surface area (Å²) in [5.74, 6) is 0.839. The van der Waals surface area contributed by atoms with Gasteiger partial charge in [-0.3, -0.25) is 4.79 Å². The minimum absolute atomic E-state index is 0. The highest BCUT2D eigenvalue weighted by molar-refractivity contribution is 9.10. The van der Waals surface area contributed by atoms with E-state index in [0.29, 0.717) is 17.6 Å². The molecule has 1 aromatic carbocycles. The van der Waals surface area contributed by atoms with Gasteiger partial charge in [0.25, 0.3) is 0 Å². The molecule has 0 atom stereocenters. The summed E-state index contributed by atoms with van der Waals surface area (Å²) in [4.78, 5) is 13.5. The Morgan fingerprint density at radius 2 is 1.82 bits per heavy atom. The van der Waals surface area contributed by atoms with Crippen LogP contribution in [0.4, 0.5) is 0 Å². The highest BCUT2D eigenvalue weighted by Crippen LogP contribution is 2.32. The van der Waals surface area contributed by atoms with E-state index in [2.05, 4.69) is 48.9 Å². The first kappa shape index (κ1) is 27.6. The van der Waals surface area contributed by atoms with Crippen LogP contribution in [0, 0.1) is 5.41 Å². The van der Waals surface area contributed by atoms with Crippen molar-refractivity contribution in [3.8, 4) is 5.75 Å². The molecule has 3 rings (SSSR count). The quantitative estimate of drug-likeness (QED) is 0.192. The first-order chi connectivity index (χ1) is 15.3. The fraction of sp³-hybridized carbons (Fsp3) is 0.444. The van der Waals surface area contributed by atoms with Gasteiger partial charge < -0.3 is 14.5 Å². The van der Waals surface area contributed by atoms with E-state index >= 15 is 0 Å². The molecule has 0 amide bonds. The number of pyridine rings is 1. The second-order valence-electron chi connectivity index (χ2n) is 9.49. The zero-order valence-corrected chi connectivity index (χ0v) is 23.4. The van der Waals surface area contributed by atoms with E-state index in [4.69, 9.17) is 4.74 Å². The van der Waals surface area contributed by atoms with Crippen molar-refractivity contribution < 1.29 is 9.53 Å². The topological polar surface area (TPSA) is 42.7 Å². The second-order valence-corrected chi connectivity index (χ2v) is 10.3. The zero-order valence-electron chi connectivity index (χ0n) is 20.1. The number of fused-ring (bicyclic) bond motifs is 1. The van der Waals surface area contributed by atoms with Crippen LogP contribution in [-0.4, -0.2) is 29.9 Å². The third-order valence-corrected chi connectivity index (χ3v) is 6.30. The number of benzene rings is 1. The molecule has 0 saturated carbocycles. The molecule has 0 bridgehead atoms. The van der Waals surface area contributed by atoms with Crippen LogP contribution in [0.15, 0.2) is 53.1 Å². The molecule has 6 heteroatoms. The number of rotatable bonds is 11. The van der Waals surface area contributed by atoms with E-state index in [1.54, 1.807) is 0 Å². The van der Waals surface area contributed by atoms with Crippen molar-refractivity contribution in [2.24, 2.45) is 5.41 Å². The Bertz CT molecular complexity index is 1040. The highest BCUT2D eigenvalue weighted by Gasteiger charge is 2.22. The molecule has 0 aliphatic heterocycles. The van der Waals surface area contributed by atoms with E-state index in [9.17, 15) is 4.79 Å². The van der Waals surface area contributed by atoms with Crippen molar-refractivity contribution in [2.45, 2.75) is 53.4 Å². The second kappa shape index (κ2) is 12.7. The molecule has 0 fully saturated rings. The van der Waals surface area contributed by atoms with Gasteiger partial charge in [-0.25, -0.2) is 0 Å². The fourth-order valence-electron chi connectivity index (χ4n) is 3.74. The molecule has 180 valence electrons. The number of hydrogen-bond acceptors (Lipinski definition) is 3. The molecule has 2 heterocycles. The summed E-state index contributed by atoms with van der Waals surface area (Å²) in [6.07, 6.45) is 5.93. The molecule has 0 aliphatic carbocycles. The van der Waals surface area contributed by atoms with Gasteiger partial charge in [0, 0.05) is 16.2 Å². The Morgan fingerprint density at radius 3 is 2.48 bits per heavy atom. The number of halogens is 2. The molecule has 0 radical (unpaired) electrons. The molecule has 3 aromatic rings. The van der Waals surface area contributed by atoms with E-state index in [-0.39, 0.29) is 22.8 Å². The molecule has 1 N–H and O–H groups in total. The summed E-state index contributed by atoms with van der Waals surface area (Å²) in [6.45, 7) is 11.4. The van der Waals surface area contributed by atoms with Crippen LogP contribution >= 0.6 is 32.9 Å². The van der Waals surface area contributed by atoms with Gasteiger partial charge in [0.1, 0.15) is 5.75 Å². The molecule has 33 heavy (non-hydrogen) atoms. The van der Waals surface area contributed by atoms with Gasteiger partial charge in [-0.15, -0.1) is 17.0 Å². The maximum Gasteiger partial charge on any atom is 0.210 e. The highest BCUT2D eigenvalue weighted by atomic mass is 79.9. The molecule has 0 aliphatic rings. The van der Waals surface area contributed by atoms with Crippen LogP contribution in [0.25, 0.3) is 5.52 Å². The summed E-state index contributed by atoms with van der Waals surface area (Å²) in [5.41, 5.74) is 3.84. The average molecular weight is 580 g/mol. The lowest BCUT2D eigenvalue weighted by atomic mass is 9.97. The summed E-state index contributed by atoms with van der Waals surface area (Å²) < 4.78 is 8.90. The average Bonchev–Trinajstić information content (AvgIpc) is 3.05. The van der Waals surface area contributed by atoms with Crippen LogP contribution in [0.1, 0.15) is 68.6 Å². The van der Waals surface area contributed by atoms with Gasteiger partial charge in [0.05, 0.1) is 17.8 Å². The van der Waals surface area contributed by atoms with Crippen molar-refractivity contribution in [2.75, 3.05) is 19.7 Å². The molecule has 0 saturated heterocycles. The number of hydrogen-bond donors (Lipinski definition) is 1. The third kappa shape index (κ3) is 7.43. The Balaban J connectivity index is 0.00000385. The minimum Gasteiger partial charge on any atom is -0.494 e. The summed E-state index contributed by atoms with van der Waals surface area (Å²) in [7, 11) is 0. The minimum atomic E-state index is 0. The van der Waals surface area contributed by atoms with Crippen molar-refractivity contribution >= 4 is 44.2 Å². The normalized spacial score (nSPS) is 11.4. The number of ether oxygens (including phenoxy) is 1. The molecular weight excluding hydrogens is 544 g/mol. The molecule has 2 aromatic heterocycles. The monoisotopic (exact) mass is 578 g/mol. The predicted molar refractivity (Wildman–Crippen MR) is 146 cm³/mol. The molecule has 0 unspecified atom stereocenters. The van der Waals surface area contributed by atoms with Gasteiger partial charge in [-0.2, -0.15) is 0 Å². The molecular formula is C27H36Br2N2O2. The van der Waals surface area contributed by atoms with Crippen LogP contribution < -0.4 is 10.1 Å². The number of aromatic nitrogens is 1. The van der Waals surface area contributed by atoms with Gasteiger partial charge in [0.2, 0.25) is 5.78 Å². The Kier molecular flexibility index (Phi) is 10.6. The first-order valence-corrected chi connectivity index (χ1v) is 12.4. The van der Waals surface area contributed by atoms with Gasteiger partial charge >= 0.3 is 0 Å². The van der Waals surface area contributed by atoms with Crippen LogP contribution in [-0.2, 0) is 6.42 Å². The lowest BCUT2D eigenvalue weighted by Crippen LogP contribution is -2.28. The van der Waals surface area contributed by atoms with E-state index in [0.717, 1.165) is 65.8 Å². The maximum atomic E-state index is 13.5. The number of ketones is 1. The Labute approximate surface area is 217 Å². The summed E-state index contributed by atoms with van der Waals surface area (Å²) in [6, 6.07) is 13.5. The van der Waals surface area contributed by atoms with Crippen molar-refractivity contribution in [3.63, 3.8) is 0 Å². The largest absolute Gasteiger partial charge is 0.494 e. The number of carbonyl (C=O) groups is 1. The summed E-state index contributed by atoms with van der Waals surface area (Å²) in [5, 5.41) is 3.46. The zero-order chi connectivity index (χ0) is 23.1. The molecule has 4 nitrogen and oxygen atoms in total. The SMILES string of the molecule is Br.CCCCc1c(Br)c2ccccn2c1C(=O)c1ccc(OCCCNCC(C)(C)C)cc1. The maximum absolute atomic E-state index is 13.5.